The molecule has 42 heavy (non-hydrogen) atoms. The zero-order valence-electron chi connectivity index (χ0n) is 23.0. The van der Waals surface area contributed by atoms with Crippen LogP contribution in [0.2, 0.25) is 5.02 Å². The topological polar surface area (TPSA) is 78.4 Å². The average molecular weight is 614 g/mol. The summed E-state index contributed by atoms with van der Waals surface area (Å²) >= 11 is 7.31. The molecule has 11 heteroatoms. The zero-order chi connectivity index (χ0) is 30.0. The molecule has 1 aromatic heterocycles. The molecule has 2 aromatic carbocycles. The summed E-state index contributed by atoms with van der Waals surface area (Å²) in [5.74, 6) is 0.618. The highest BCUT2D eigenvalue weighted by molar-refractivity contribution is 8.19. The first-order valence-electron chi connectivity index (χ1n) is 13.4. The van der Waals surface area contributed by atoms with Crippen molar-refractivity contribution in [1.82, 2.24) is 0 Å². The van der Waals surface area contributed by atoms with Crippen molar-refractivity contribution in [3.05, 3.63) is 75.8 Å². The lowest BCUT2D eigenvalue weighted by atomic mass is 9.70. The van der Waals surface area contributed by atoms with E-state index in [2.05, 4.69) is 31.0 Å². The van der Waals surface area contributed by atoms with E-state index in [0.717, 1.165) is 48.9 Å². The van der Waals surface area contributed by atoms with E-state index in [1.807, 2.05) is 0 Å². The molecule has 6 nitrogen and oxygen atoms in total. The summed E-state index contributed by atoms with van der Waals surface area (Å²) in [7, 11) is 0. The molecule has 2 bridgehead atoms. The monoisotopic (exact) mass is 613 g/mol. The summed E-state index contributed by atoms with van der Waals surface area (Å²) in [6.07, 6.45) is 0.0579. The van der Waals surface area contributed by atoms with Crippen LogP contribution in [-0.2, 0) is 11.0 Å². The van der Waals surface area contributed by atoms with Crippen molar-refractivity contribution in [3.63, 3.8) is 0 Å². The molecule has 3 aromatic rings. The molecule has 2 atom stereocenters. The molecule has 2 aliphatic carbocycles. The number of amides is 1. The maximum atomic E-state index is 13.6. The minimum Gasteiger partial charge on any atom is -0.508 e. The summed E-state index contributed by atoms with van der Waals surface area (Å²) in [5, 5.41) is 19.5. The fourth-order valence-corrected chi connectivity index (χ4v) is 7.27. The summed E-state index contributed by atoms with van der Waals surface area (Å²) in [6, 6.07) is 12.3. The normalized spacial score (nSPS) is 26.4. The van der Waals surface area contributed by atoms with E-state index in [1.165, 1.54) is 35.2 Å². The van der Waals surface area contributed by atoms with Gasteiger partial charge in [0.15, 0.2) is 0 Å². The number of carbonyl (C=O) groups excluding carboxylic acids is 1. The number of aromatic hydroxyl groups is 1. The van der Waals surface area contributed by atoms with Crippen LogP contribution in [0.3, 0.4) is 0 Å². The Morgan fingerprint density at radius 3 is 2.48 bits per heavy atom. The summed E-state index contributed by atoms with van der Waals surface area (Å²) in [4.78, 5) is 15.4. The van der Waals surface area contributed by atoms with Crippen LogP contribution in [0, 0.1) is 16.7 Å². The first kappa shape index (κ1) is 28.6. The second kappa shape index (κ2) is 10.1. The van der Waals surface area contributed by atoms with Crippen LogP contribution >= 0.6 is 23.4 Å². The number of nitrogens with zero attached hydrogens (tertiary/aromatic N) is 3. The van der Waals surface area contributed by atoms with Crippen molar-refractivity contribution in [2.45, 2.75) is 46.2 Å². The molecule has 1 saturated heterocycles. The van der Waals surface area contributed by atoms with Gasteiger partial charge in [0.05, 0.1) is 21.2 Å². The highest BCUT2D eigenvalue weighted by Gasteiger charge is 2.60. The Morgan fingerprint density at radius 2 is 1.83 bits per heavy atom. The lowest BCUT2D eigenvalue weighted by Gasteiger charge is -2.34. The van der Waals surface area contributed by atoms with Gasteiger partial charge in [0.1, 0.15) is 17.3 Å². The van der Waals surface area contributed by atoms with Crippen LogP contribution < -0.4 is 4.90 Å². The number of phenolic OH excluding ortho intramolecular Hbond substituents is 1. The Kier molecular flexibility index (Phi) is 6.85. The van der Waals surface area contributed by atoms with Crippen LogP contribution in [0.4, 0.5) is 18.9 Å². The quantitative estimate of drug-likeness (QED) is 0.235. The van der Waals surface area contributed by atoms with Gasteiger partial charge in [-0.3, -0.25) is 9.69 Å². The van der Waals surface area contributed by atoms with Crippen molar-refractivity contribution in [1.29, 1.82) is 0 Å². The molecule has 218 valence electrons. The lowest BCUT2D eigenvalue weighted by molar-refractivity contribution is -0.137. The van der Waals surface area contributed by atoms with Gasteiger partial charge in [0.25, 0.3) is 5.91 Å². The summed E-state index contributed by atoms with van der Waals surface area (Å²) in [5.41, 5.74) is 0.828. The molecule has 0 radical (unpaired) electrons. The largest absolute Gasteiger partial charge is 0.508 e. The molecule has 1 N–H and O–H groups in total. The van der Waals surface area contributed by atoms with Crippen molar-refractivity contribution in [2.24, 2.45) is 27.0 Å². The number of amidine groups is 1. The van der Waals surface area contributed by atoms with Gasteiger partial charge >= 0.3 is 6.18 Å². The Labute approximate surface area is 250 Å². The molecular formula is C31H27ClF3N3O3S. The van der Waals surface area contributed by atoms with Crippen molar-refractivity contribution < 1.29 is 27.5 Å². The molecule has 2 saturated carbocycles. The molecule has 3 fully saturated rings. The third kappa shape index (κ3) is 4.74. The van der Waals surface area contributed by atoms with E-state index < -0.39 is 11.7 Å². The number of hydrogen-bond donors (Lipinski definition) is 1. The number of hydrogen-bond acceptors (Lipinski definition) is 6. The molecular weight excluding hydrogens is 587 g/mol. The van der Waals surface area contributed by atoms with Crippen molar-refractivity contribution in [2.75, 3.05) is 4.90 Å². The fourth-order valence-electron chi connectivity index (χ4n) is 6.15. The number of phenols is 1. The summed E-state index contributed by atoms with van der Waals surface area (Å²) < 4.78 is 45.6. The van der Waals surface area contributed by atoms with Crippen LogP contribution in [0.5, 0.6) is 5.75 Å². The predicted octanol–water partition coefficient (Wildman–Crippen LogP) is 9.00. The molecule has 2 heterocycles. The Morgan fingerprint density at radius 1 is 1.10 bits per heavy atom. The second-order valence-corrected chi connectivity index (χ2v) is 13.0. The number of anilines is 1. The van der Waals surface area contributed by atoms with Gasteiger partial charge in [0.2, 0.25) is 5.17 Å². The van der Waals surface area contributed by atoms with Gasteiger partial charge in [0, 0.05) is 22.8 Å². The van der Waals surface area contributed by atoms with E-state index >= 15 is 0 Å². The Bertz CT molecular complexity index is 1680. The molecule has 1 amide bonds. The van der Waals surface area contributed by atoms with Crippen LogP contribution in [0.1, 0.15) is 51.4 Å². The maximum absolute atomic E-state index is 13.6. The van der Waals surface area contributed by atoms with Crippen LogP contribution in [0.25, 0.3) is 17.4 Å². The van der Waals surface area contributed by atoms with E-state index in [4.69, 9.17) is 16.0 Å². The SMILES string of the molecule is CC12CCC(CC1=NN=C1SC(=Cc3ccc(-c4cc(C(F)(F)F)ccc4Cl)o3)C(=O)N1c1ccc(O)cc1)C2(C)C. The maximum Gasteiger partial charge on any atom is 0.416 e. The fraction of sp³-hybridized carbons (Fsp3) is 0.323. The van der Waals surface area contributed by atoms with Gasteiger partial charge in [-0.15, -0.1) is 5.10 Å². The number of thioether (sulfide) groups is 1. The highest BCUT2D eigenvalue weighted by Crippen LogP contribution is 2.64. The summed E-state index contributed by atoms with van der Waals surface area (Å²) in [6.45, 7) is 6.80. The van der Waals surface area contributed by atoms with E-state index in [0.29, 0.717) is 16.8 Å². The van der Waals surface area contributed by atoms with Crippen LogP contribution in [0.15, 0.2) is 74.1 Å². The third-order valence-electron chi connectivity index (χ3n) is 9.14. The van der Waals surface area contributed by atoms with Crippen molar-refractivity contribution >= 4 is 51.9 Å². The first-order chi connectivity index (χ1) is 19.8. The van der Waals surface area contributed by atoms with E-state index in [1.54, 1.807) is 18.2 Å². The van der Waals surface area contributed by atoms with Gasteiger partial charge < -0.3 is 9.52 Å². The second-order valence-electron chi connectivity index (χ2n) is 11.6. The first-order valence-corrected chi connectivity index (χ1v) is 14.6. The molecule has 0 spiro atoms. The number of alkyl halides is 3. The van der Waals surface area contributed by atoms with Gasteiger partial charge in [-0.05, 0) is 97.0 Å². The highest BCUT2D eigenvalue weighted by atomic mass is 35.5. The smallest absolute Gasteiger partial charge is 0.416 e. The van der Waals surface area contributed by atoms with Crippen molar-refractivity contribution in [3.8, 4) is 17.1 Å². The van der Waals surface area contributed by atoms with Gasteiger partial charge in [-0.25, -0.2) is 0 Å². The number of fused-ring (bicyclic) bond motifs is 2. The zero-order valence-corrected chi connectivity index (χ0v) is 24.6. The minimum atomic E-state index is -4.54. The third-order valence-corrected chi connectivity index (χ3v) is 10.4. The Hall–Kier alpha value is -3.50. The van der Waals surface area contributed by atoms with Gasteiger partial charge in [-0.1, -0.05) is 32.4 Å². The van der Waals surface area contributed by atoms with Gasteiger partial charge in [-0.2, -0.15) is 18.3 Å². The average Bonchev–Trinajstić information content (AvgIpc) is 3.62. The predicted molar refractivity (Wildman–Crippen MR) is 159 cm³/mol. The lowest BCUT2D eigenvalue weighted by Crippen LogP contribution is -2.32. The Balaban J connectivity index is 1.35. The molecule has 2 unspecified atom stereocenters. The van der Waals surface area contributed by atoms with Crippen LogP contribution in [-0.4, -0.2) is 21.9 Å². The minimum absolute atomic E-state index is 0.0565. The molecule has 6 rings (SSSR count). The number of rotatable bonds is 4. The number of furan rings is 1. The molecule has 3 aliphatic rings. The number of carbonyl (C=O) groups is 1. The molecule has 1 aliphatic heterocycles. The number of halogens is 4. The van der Waals surface area contributed by atoms with E-state index in [9.17, 15) is 23.1 Å². The van der Waals surface area contributed by atoms with E-state index in [-0.39, 0.29) is 49.5 Å². The standard InChI is InChI=1S/C31H27ClF3N3O3S/c1-29(2)17-12-13-30(29,3)26(15-17)36-37-28-38(19-5-7-20(39)8-6-19)27(40)25(42-28)16-21-9-11-24(41-21)22-14-18(31(33,34)35)4-10-23(22)32/h4-11,14,16-17,39H,12-13,15H2,1-3H3. The number of benzene rings is 2.